The van der Waals surface area contributed by atoms with Crippen LogP contribution in [-0.4, -0.2) is 6.54 Å². The predicted octanol–water partition coefficient (Wildman–Crippen LogP) is 5.64. The third kappa shape index (κ3) is 6.00. The van der Waals surface area contributed by atoms with Gasteiger partial charge in [0, 0.05) is 6.54 Å². The zero-order valence-electron chi connectivity index (χ0n) is 14.1. The van der Waals surface area contributed by atoms with Gasteiger partial charge < -0.3 is 5.32 Å². The molecule has 3 rings (SSSR count). The van der Waals surface area contributed by atoms with Gasteiger partial charge in [0.1, 0.15) is 5.82 Å². The molecule has 25 heavy (non-hydrogen) atoms. The Hall–Kier alpha value is -2.16. The molecular weight excluding hydrogens is 333 g/mol. The zero-order chi connectivity index (χ0) is 16.6. The summed E-state index contributed by atoms with van der Waals surface area (Å²) in [4.78, 5) is 0. The molecule has 1 N–H and O–H groups in total. The van der Waals surface area contributed by atoms with E-state index in [4.69, 9.17) is 0 Å². The summed E-state index contributed by atoms with van der Waals surface area (Å²) < 4.78 is 12.8. The van der Waals surface area contributed by atoms with Gasteiger partial charge >= 0.3 is 0 Å². The molecule has 0 saturated carbocycles. The number of benzene rings is 3. The summed E-state index contributed by atoms with van der Waals surface area (Å²) >= 11 is 0. The average Bonchev–Trinajstić information content (AvgIpc) is 2.64. The first kappa shape index (κ1) is 19.2. The highest BCUT2D eigenvalue weighted by molar-refractivity contribution is 5.85. The number of halogens is 2. The normalized spacial score (nSPS) is 10.3. The first-order chi connectivity index (χ1) is 11.8. The zero-order valence-corrected chi connectivity index (χ0v) is 14.9. The lowest BCUT2D eigenvalue weighted by atomic mass is 10.0. The van der Waals surface area contributed by atoms with E-state index in [1.807, 2.05) is 18.2 Å². The first-order valence-corrected chi connectivity index (χ1v) is 8.41. The molecule has 0 atom stereocenters. The Bertz CT molecular complexity index is 739. The van der Waals surface area contributed by atoms with Gasteiger partial charge in [-0.3, -0.25) is 0 Å². The van der Waals surface area contributed by atoms with Crippen LogP contribution in [0.25, 0.3) is 11.1 Å². The second-order valence-electron chi connectivity index (χ2n) is 5.97. The van der Waals surface area contributed by atoms with Crippen molar-refractivity contribution in [2.75, 3.05) is 6.54 Å². The fourth-order valence-electron chi connectivity index (χ4n) is 2.75. The highest BCUT2D eigenvalue weighted by atomic mass is 35.5. The van der Waals surface area contributed by atoms with Crippen LogP contribution in [0.4, 0.5) is 4.39 Å². The Labute approximate surface area is 155 Å². The maximum atomic E-state index is 12.8. The molecule has 0 aromatic heterocycles. The minimum Gasteiger partial charge on any atom is -0.313 e. The minimum atomic E-state index is -0.183. The third-order valence-corrected chi connectivity index (χ3v) is 4.12. The van der Waals surface area contributed by atoms with Gasteiger partial charge in [-0.25, -0.2) is 4.39 Å². The van der Waals surface area contributed by atoms with Crippen LogP contribution in [0, 0.1) is 5.82 Å². The molecule has 0 amide bonds. The van der Waals surface area contributed by atoms with E-state index >= 15 is 0 Å². The van der Waals surface area contributed by atoms with E-state index < -0.39 is 0 Å². The van der Waals surface area contributed by atoms with Crippen LogP contribution in [0.5, 0.6) is 0 Å². The molecule has 0 aliphatic heterocycles. The van der Waals surface area contributed by atoms with Crippen molar-refractivity contribution in [1.82, 2.24) is 5.32 Å². The second-order valence-corrected chi connectivity index (χ2v) is 5.97. The third-order valence-electron chi connectivity index (χ3n) is 4.12. The Kier molecular flexibility index (Phi) is 7.65. The lowest BCUT2D eigenvalue weighted by Crippen LogP contribution is -2.15. The van der Waals surface area contributed by atoms with E-state index in [1.54, 1.807) is 0 Å². The number of hydrogen-bond donors (Lipinski definition) is 1. The molecule has 130 valence electrons. The van der Waals surface area contributed by atoms with Crippen molar-refractivity contribution in [1.29, 1.82) is 0 Å². The first-order valence-electron chi connectivity index (χ1n) is 8.41. The van der Waals surface area contributed by atoms with E-state index in [9.17, 15) is 4.39 Å². The largest absolute Gasteiger partial charge is 0.313 e. The summed E-state index contributed by atoms with van der Waals surface area (Å²) in [6.45, 7) is 1.74. The SMILES string of the molecule is Cl.Fc1ccc(CNCCCc2ccc(-c3ccccc3)cc2)cc1. The highest BCUT2D eigenvalue weighted by Crippen LogP contribution is 2.19. The van der Waals surface area contributed by atoms with Crippen molar-refractivity contribution in [2.45, 2.75) is 19.4 Å². The topological polar surface area (TPSA) is 12.0 Å². The van der Waals surface area contributed by atoms with E-state index in [1.165, 1.54) is 28.8 Å². The lowest BCUT2D eigenvalue weighted by Gasteiger charge is -2.06. The van der Waals surface area contributed by atoms with Gasteiger partial charge in [0.25, 0.3) is 0 Å². The molecule has 0 spiro atoms. The Morgan fingerprint density at radius 2 is 1.28 bits per heavy atom. The summed E-state index contributed by atoms with van der Waals surface area (Å²) in [5.74, 6) is -0.183. The highest BCUT2D eigenvalue weighted by Gasteiger charge is 1.98. The van der Waals surface area contributed by atoms with Crippen molar-refractivity contribution >= 4 is 12.4 Å². The molecular formula is C22H23ClFN. The molecule has 3 heteroatoms. The summed E-state index contributed by atoms with van der Waals surface area (Å²) in [7, 11) is 0. The molecule has 0 fully saturated rings. The monoisotopic (exact) mass is 355 g/mol. The lowest BCUT2D eigenvalue weighted by molar-refractivity contribution is 0.622. The van der Waals surface area contributed by atoms with Gasteiger partial charge in [-0.2, -0.15) is 0 Å². The van der Waals surface area contributed by atoms with Crippen LogP contribution in [0.15, 0.2) is 78.9 Å². The Balaban J connectivity index is 0.00000225. The maximum Gasteiger partial charge on any atom is 0.123 e. The molecule has 0 saturated heterocycles. The minimum absolute atomic E-state index is 0. The molecule has 1 nitrogen and oxygen atoms in total. The second kappa shape index (κ2) is 9.97. The summed E-state index contributed by atoms with van der Waals surface area (Å²) in [5.41, 5.74) is 4.99. The van der Waals surface area contributed by atoms with Crippen molar-refractivity contribution < 1.29 is 4.39 Å². The van der Waals surface area contributed by atoms with Gasteiger partial charge in [0.2, 0.25) is 0 Å². The molecule has 0 heterocycles. The molecule has 3 aromatic rings. The molecule has 0 aliphatic rings. The van der Waals surface area contributed by atoms with Crippen LogP contribution < -0.4 is 5.32 Å². The van der Waals surface area contributed by atoms with Gasteiger partial charge in [0.05, 0.1) is 0 Å². The average molecular weight is 356 g/mol. The maximum absolute atomic E-state index is 12.8. The predicted molar refractivity (Wildman–Crippen MR) is 106 cm³/mol. The Morgan fingerprint density at radius 1 is 0.680 bits per heavy atom. The van der Waals surface area contributed by atoms with Crippen molar-refractivity contribution in [2.24, 2.45) is 0 Å². The molecule has 0 radical (unpaired) electrons. The molecule has 3 aromatic carbocycles. The van der Waals surface area contributed by atoms with Crippen LogP contribution >= 0.6 is 12.4 Å². The van der Waals surface area contributed by atoms with Crippen molar-refractivity contribution in [3.63, 3.8) is 0 Å². The van der Waals surface area contributed by atoms with Gasteiger partial charge in [-0.1, -0.05) is 66.7 Å². The van der Waals surface area contributed by atoms with Crippen molar-refractivity contribution in [3.8, 4) is 11.1 Å². The van der Waals surface area contributed by atoms with E-state index in [2.05, 4.69) is 53.8 Å². The molecule has 0 aliphatic carbocycles. The summed E-state index contributed by atoms with van der Waals surface area (Å²) in [5, 5.41) is 3.41. The standard InChI is InChI=1S/C22H22FN.ClH/c23-22-14-10-19(11-15-22)17-24-16-4-5-18-8-12-21(13-9-18)20-6-2-1-3-7-20;/h1-3,6-15,24H,4-5,16-17H2;1H. The quantitative estimate of drug-likeness (QED) is 0.541. The van der Waals surface area contributed by atoms with E-state index in [0.717, 1.165) is 31.5 Å². The number of hydrogen-bond acceptors (Lipinski definition) is 1. The van der Waals surface area contributed by atoms with Crippen molar-refractivity contribution in [3.05, 3.63) is 95.8 Å². The number of aryl methyl sites for hydroxylation is 1. The van der Waals surface area contributed by atoms with Crippen LogP contribution in [0.1, 0.15) is 17.5 Å². The number of nitrogens with one attached hydrogen (secondary N) is 1. The smallest absolute Gasteiger partial charge is 0.123 e. The van der Waals surface area contributed by atoms with Crippen LogP contribution in [0.2, 0.25) is 0 Å². The van der Waals surface area contributed by atoms with Gasteiger partial charge in [-0.15, -0.1) is 12.4 Å². The fourth-order valence-corrected chi connectivity index (χ4v) is 2.75. The van der Waals surface area contributed by atoms with Crippen LogP contribution in [0.3, 0.4) is 0 Å². The van der Waals surface area contributed by atoms with Gasteiger partial charge in [0.15, 0.2) is 0 Å². The fraction of sp³-hybridized carbons (Fsp3) is 0.182. The summed E-state index contributed by atoms with van der Waals surface area (Å²) in [6, 6.07) is 25.9. The molecule has 0 unspecified atom stereocenters. The Morgan fingerprint density at radius 3 is 1.96 bits per heavy atom. The molecule has 0 bridgehead atoms. The van der Waals surface area contributed by atoms with E-state index in [-0.39, 0.29) is 18.2 Å². The van der Waals surface area contributed by atoms with Crippen LogP contribution in [-0.2, 0) is 13.0 Å². The van der Waals surface area contributed by atoms with Gasteiger partial charge in [-0.05, 0) is 53.8 Å². The summed E-state index contributed by atoms with van der Waals surface area (Å²) in [6.07, 6.45) is 2.15. The number of rotatable bonds is 7. The van der Waals surface area contributed by atoms with E-state index in [0.29, 0.717) is 0 Å².